The highest BCUT2D eigenvalue weighted by atomic mass is 16.5. The maximum atomic E-state index is 12.0. The molecular formula is C13H18N2O2. The van der Waals surface area contributed by atoms with Crippen LogP contribution in [-0.2, 0) is 6.42 Å². The smallest absolute Gasteiger partial charge is 0.322 e. The van der Waals surface area contributed by atoms with E-state index in [1.54, 1.807) is 12.0 Å². The minimum absolute atomic E-state index is 0.0242. The molecule has 4 nitrogen and oxygen atoms in total. The number of carbonyl (C=O) groups is 1. The van der Waals surface area contributed by atoms with Gasteiger partial charge in [0.05, 0.1) is 7.11 Å². The zero-order chi connectivity index (χ0) is 12.4. The summed E-state index contributed by atoms with van der Waals surface area (Å²) in [4.78, 5) is 13.7. The van der Waals surface area contributed by atoms with Gasteiger partial charge in [-0.25, -0.2) is 4.79 Å². The third kappa shape index (κ3) is 2.35. The molecule has 4 heteroatoms. The summed E-state index contributed by atoms with van der Waals surface area (Å²) in [7, 11) is 1.65. The van der Waals surface area contributed by atoms with Crippen LogP contribution in [0.3, 0.4) is 0 Å². The molecule has 1 aromatic rings. The maximum absolute atomic E-state index is 12.0. The molecule has 2 rings (SSSR count). The van der Waals surface area contributed by atoms with E-state index in [0.29, 0.717) is 0 Å². The van der Waals surface area contributed by atoms with Gasteiger partial charge in [-0.05, 0) is 44.0 Å². The van der Waals surface area contributed by atoms with E-state index in [1.165, 1.54) is 5.56 Å². The Morgan fingerprint density at radius 2 is 2.24 bits per heavy atom. The maximum Gasteiger partial charge on any atom is 0.322 e. The van der Waals surface area contributed by atoms with Crippen LogP contribution >= 0.6 is 0 Å². The van der Waals surface area contributed by atoms with Crippen molar-refractivity contribution in [3.8, 4) is 5.75 Å². The van der Waals surface area contributed by atoms with Gasteiger partial charge in [0.1, 0.15) is 5.75 Å². The molecule has 0 atom stereocenters. The van der Waals surface area contributed by atoms with E-state index in [-0.39, 0.29) is 12.1 Å². The lowest BCUT2D eigenvalue weighted by Crippen LogP contribution is -2.42. The molecular weight excluding hydrogens is 216 g/mol. The van der Waals surface area contributed by atoms with Crippen molar-refractivity contribution in [2.24, 2.45) is 0 Å². The molecule has 1 heterocycles. The van der Waals surface area contributed by atoms with E-state index in [1.807, 2.05) is 32.0 Å². The van der Waals surface area contributed by atoms with E-state index < -0.39 is 0 Å². The molecule has 0 spiro atoms. The molecule has 0 fully saturated rings. The van der Waals surface area contributed by atoms with E-state index >= 15 is 0 Å². The number of carbonyl (C=O) groups excluding carboxylic acids is 1. The monoisotopic (exact) mass is 234 g/mol. The molecule has 0 saturated carbocycles. The van der Waals surface area contributed by atoms with Crippen molar-refractivity contribution in [2.75, 3.05) is 18.6 Å². The van der Waals surface area contributed by atoms with Crippen molar-refractivity contribution < 1.29 is 9.53 Å². The van der Waals surface area contributed by atoms with Crippen LogP contribution in [0.15, 0.2) is 18.2 Å². The van der Waals surface area contributed by atoms with Crippen molar-refractivity contribution in [1.82, 2.24) is 5.32 Å². The van der Waals surface area contributed by atoms with Gasteiger partial charge in [0, 0.05) is 18.3 Å². The second-order valence-corrected chi connectivity index (χ2v) is 4.50. The summed E-state index contributed by atoms with van der Waals surface area (Å²) in [5.74, 6) is 0.842. The van der Waals surface area contributed by atoms with Crippen molar-refractivity contribution in [1.29, 1.82) is 0 Å². The molecule has 1 aliphatic rings. The first-order valence-electron chi connectivity index (χ1n) is 5.86. The van der Waals surface area contributed by atoms with Crippen molar-refractivity contribution in [3.05, 3.63) is 23.8 Å². The average Bonchev–Trinajstić information content (AvgIpc) is 2.70. The van der Waals surface area contributed by atoms with Gasteiger partial charge in [0.25, 0.3) is 0 Å². The van der Waals surface area contributed by atoms with E-state index in [0.717, 1.165) is 24.4 Å². The first-order chi connectivity index (χ1) is 8.11. The molecule has 0 radical (unpaired) electrons. The third-order valence-electron chi connectivity index (χ3n) is 2.84. The van der Waals surface area contributed by atoms with Crippen LogP contribution in [0.5, 0.6) is 5.75 Å². The number of anilines is 1. The topological polar surface area (TPSA) is 41.6 Å². The summed E-state index contributed by atoms with van der Waals surface area (Å²) >= 11 is 0. The van der Waals surface area contributed by atoms with E-state index in [2.05, 4.69) is 5.32 Å². The van der Waals surface area contributed by atoms with Crippen LogP contribution in [0.2, 0.25) is 0 Å². The zero-order valence-corrected chi connectivity index (χ0v) is 10.5. The number of urea groups is 1. The van der Waals surface area contributed by atoms with Gasteiger partial charge in [-0.15, -0.1) is 0 Å². The molecule has 0 bridgehead atoms. The lowest BCUT2D eigenvalue weighted by molar-refractivity contribution is 0.244. The number of fused-ring (bicyclic) bond motifs is 1. The second-order valence-electron chi connectivity index (χ2n) is 4.50. The Labute approximate surface area is 102 Å². The Bertz CT molecular complexity index is 429. The van der Waals surface area contributed by atoms with E-state index in [9.17, 15) is 4.79 Å². The van der Waals surface area contributed by atoms with Crippen LogP contribution < -0.4 is 15.0 Å². The molecule has 1 aromatic carbocycles. The summed E-state index contributed by atoms with van der Waals surface area (Å²) in [5, 5.41) is 2.91. The van der Waals surface area contributed by atoms with Gasteiger partial charge in [0.2, 0.25) is 0 Å². The first-order valence-corrected chi connectivity index (χ1v) is 5.86. The molecule has 17 heavy (non-hydrogen) atoms. The largest absolute Gasteiger partial charge is 0.497 e. The lowest BCUT2D eigenvalue weighted by atomic mass is 10.1. The van der Waals surface area contributed by atoms with Crippen molar-refractivity contribution in [3.63, 3.8) is 0 Å². The Morgan fingerprint density at radius 3 is 2.88 bits per heavy atom. The number of rotatable bonds is 2. The van der Waals surface area contributed by atoms with Crippen molar-refractivity contribution in [2.45, 2.75) is 26.3 Å². The Morgan fingerprint density at radius 1 is 1.47 bits per heavy atom. The third-order valence-corrected chi connectivity index (χ3v) is 2.84. The highest BCUT2D eigenvalue weighted by molar-refractivity contribution is 5.94. The van der Waals surface area contributed by atoms with Crippen LogP contribution in [0.25, 0.3) is 0 Å². The summed E-state index contributed by atoms with van der Waals surface area (Å²) in [6.07, 6.45) is 0.887. The number of nitrogens with zero attached hydrogens (tertiary/aromatic N) is 1. The Balaban J connectivity index is 2.19. The van der Waals surface area contributed by atoms with Gasteiger partial charge in [0.15, 0.2) is 0 Å². The molecule has 0 unspecified atom stereocenters. The number of methoxy groups -OCH3 is 1. The highest BCUT2D eigenvalue weighted by Gasteiger charge is 2.25. The van der Waals surface area contributed by atoms with Crippen LogP contribution in [0.1, 0.15) is 19.4 Å². The number of benzene rings is 1. The van der Waals surface area contributed by atoms with Crippen LogP contribution in [-0.4, -0.2) is 25.7 Å². The molecule has 1 N–H and O–H groups in total. The molecule has 0 aliphatic carbocycles. The van der Waals surface area contributed by atoms with Gasteiger partial charge in [-0.3, -0.25) is 4.90 Å². The standard InChI is InChI=1S/C13H18N2O2/c1-9(2)14-13(16)15-7-6-10-8-11(17-3)4-5-12(10)15/h4-5,8-9H,6-7H2,1-3H3,(H,14,16). The minimum atomic E-state index is -0.0242. The number of nitrogens with one attached hydrogen (secondary N) is 1. The summed E-state index contributed by atoms with van der Waals surface area (Å²) in [5.41, 5.74) is 2.16. The Kier molecular flexibility index (Phi) is 3.22. The van der Waals surface area contributed by atoms with Crippen LogP contribution in [0.4, 0.5) is 10.5 Å². The zero-order valence-electron chi connectivity index (χ0n) is 10.5. The molecule has 0 saturated heterocycles. The minimum Gasteiger partial charge on any atom is -0.497 e. The first kappa shape index (κ1) is 11.8. The fourth-order valence-corrected chi connectivity index (χ4v) is 2.04. The summed E-state index contributed by atoms with van der Waals surface area (Å²) < 4.78 is 5.18. The number of hydrogen-bond donors (Lipinski definition) is 1. The SMILES string of the molecule is COc1ccc2c(c1)CCN2C(=O)NC(C)C. The average molecular weight is 234 g/mol. The molecule has 1 aliphatic heterocycles. The van der Waals surface area contributed by atoms with Crippen LogP contribution in [0, 0.1) is 0 Å². The van der Waals surface area contributed by atoms with Gasteiger partial charge in [-0.1, -0.05) is 0 Å². The fraction of sp³-hybridized carbons (Fsp3) is 0.462. The fourth-order valence-electron chi connectivity index (χ4n) is 2.04. The van der Waals surface area contributed by atoms with Gasteiger partial charge >= 0.3 is 6.03 Å². The predicted octanol–water partition coefficient (Wildman–Crippen LogP) is 2.18. The number of ether oxygens (including phenoxy) is 1. The predicted molar refractivity (Wildman–Crippen MR) is 67.7 cm³/mol. The van der Waals surface area contributed by atoms with Crippen molar-refractivity contribution >= 4 is 11.7 Å². The molecule has 2 amide bonds. The highest BCUT2D eigenvalue weighted by Crippen LogP contribution is 2.31. The molecule has 0 aromatic heterocycles. The number of amides is 2. The second kappa shape index (κ2) is 4.65. The van der Waals surface area contributed by atoms with E-state index in [4.69, 9.17) is 4.74 Å². The lowest BCUT2D eigenvalue weighted by Gasteiger charge is -2.19. The van der Waals surface area contributed by atoms with Gasteiger partial charge in [-0.2, -0.15) is 0 Å². The number of hydrogen-bond acceptors (Lipinski definition) is 2. The summed E-state index contributed by atoms with van der Waals surface area (Å²) in [6, 6.07) is 5.97. The van der Waals surface area contributed by atoms with Gasteiger partial charge < -0.3 is 10.1 Å². The normalized spacial score (nSPS) is 13.8. The summed E-state index contributed by atoms with van der Waals surface area (Å²) in [6.45, 7) is 4.66. The quantitative estimate of drug-likeness (QED) is 0.852. The molecule has 92 valence electrons. The Hall–Kier alpha value is -1.71.